The highest BCUT2D eigenvalue weighted by Crippen LogP contribution is 2.41. The summed E-state index contributed by atoms with van der Waals surface area (Å²) >= 11 is 3.35. The number of rotatable bonds is 1. The number of carbonyl (C=O) groups excluding carboxylic acids is 2. The summed E-state index contributed by atoms with van der Waals surface area (Å²) in [6.07, 6.45) is 5.31. The molecule has 2 unspecified atom stereocenters. The Morgan fingerprint density at radius 3 is 2.37 bits per heavy atom. The number of allylic oxidation sites excluding steroid dienone is 5. The molecule has 0 amide bonds. The molecular weight excluding hydrogens is 304 g/mol. The van der Waals surface area contributed by atoms with Crippen LogP contribution >= 0.6 is 15.9 Å². The van der Waals surface area contributed by atoms with E-state index in [0.717, 1.165) is 10.0 Å². The predicted molar refractivity (Wildman–Crippen MR) is 76.8 cm³/mol. The summed E-state index contributed by atoms with van der Waals surface area (Å²) in [4.78, 5) is 24.9. The quantitative estimate of drug-likeness (QED) is 0.745. The molecule has 2 aliphatic carbocycles. The Hall–Kier alpha value is -1.74. The van der Waals surface area contributed by atoms with Gasteiger partial charge in [-0.15, -0.1) is 0 Å². The van der Waals surface area contributed by atoms with Gasteiger partial charge in [0.15, 0.2) is 11.6 Å². The van der Waals surface area contributed by atoms with Gasteiger partial charge in [0.25, 0.3) is 0 Å². The average Bonchev–Trinajstić information content (AvgIpc) is 2.65. The van der Waals surface area contributed by atoms with Crippen LogP contribution in [-0.2, 0) is 9.59 Å². The largest absolute Gasteiger partial charge is 0.297 e. The maximum absolute atomic E-state index is 12.5. The van der Waals surface area contributed by atoms with Gasteiger partial charge in [0, 0.05) is 10.0 Å². The summed E-state index contributed by atoms with van der Waals surface area (Å²) in [6.45, 7) is 3.88. The van der Waals surface area contributed by atoms with Crippen molar-refractivity contribution in [2.45, 2.75) is 5.92 Å². The fourth-order valence-electron chi connectivity index (χ4n) is 2.66. The van der Waals surface area contributed by atoms with Crippen LogP contribution in [0.4, 0.5) is 0 Å². The van der Waals surface area contributed by atoms with E-state index in [2.05, 4.69) is 22.5 Å². The van der Waals surface area contributed by atoms with Gasteiger partial charge in [0.2, 0.25) is 0 Å². The number of hydrogen-bond acceptors (Lipinski definition) is 2. The molecule has 1 aromatic carbocycles. The molecular formula is C16H11BrO2. The molecule has 0 aliphatic heterocycles. The molecule has 2 atom stereocenters. The molecule has 1 fully saturated rings. The molecule has 0 N–H and O–H groups in total. The molecule has 0 bridgehead atoms. The van der Waals surface area contributed by atoms with Crippen LogP contribution in [0, 0.1) is 5.92 Å². The van der Waals surface area contributed by atoms with Crippen molar-refractivity contribution in [1.82, 2.24) is 0 Å². The molecule has 0 spiro atoms. The van der Waals surface area contributed by atoms with Gasteiger partial charge in [-0.25, -0.2) is 0 Å². The predicted octanol–water partition coefficient (Wildman–Crippen LogP) is 3.35. The van der Waals surface area contributed by atoms with Gasteiger partial charge in [-0.3, -0.25) is 9.59 Å². The minimum atomic E-state index is -0.680. The molecule has 2 aliphatic rings. The standard InChI is InChI=1S/C16H11BrO2/c1-9-3-2-4-12-13(9)16(19)14(15(12)18)10-5-7-11(17)8-6-10/h2-8,13-14H,1H2. The highest BCUT2D eigenvalue weighted by molar-refractivity contribution is 9.10. The van der Waals surface area contributed by atoms with Crippen LogP contribution in [0.2, 0.25) is 0 Å². The van der Waals surface area contributed by atoms with E-state index in [1.807, 2.05) is 24.3 Å². The van der Waals surface area contributed by atoms with Crippen LogP contribution in [-0.4, -0.2) is 11.6 Å². The van der Waals surface area contributed by atoms with E-state index < -0.39 is 11.8 Å². The Labute approximate surface area is 119 Å². The van der Waals surface area contributed by atoms with E-state index in [-0.39, 0.29) is 11.6 Å². The van der Waals surface area contributed by atoms with Crippen LogP contribution in [0.5, 0.6) is 0 Å². The summed E-state index contributed by atoms with van der Waals surface area (Å²) in [6, 6.07) is 7.33. The molecule has 3 rings (SSSR count). The monoisotopic (exact) mass is 314 g/mol. The van der Waals surface area contributed by atoms with Crippen LogP contribution in [0.1, 0.15) is 11.5 Å². The molecule has 0 aromatic heterocycles. The number of halogens is 1. The molecule has 0 heterocycles. The van der Waals surface area contributed by atoms with Crippen molar-refractivity contribution < 1.29 is 9.59 Å². The van der Waals surface area contributed by atoms with Crippen molar-refractivity contribution in [1.29, 1.82) is 0 Å². The third-order valence-electron chi connectivity index (χ3n) is 3.59. The second-order valence-corrected chi connectivity index (χ2v) is 5.66. The lowest BCUT2D eigenvalue weighted by molar-refractivity contribution is -0.124. The summed E-state index contributed by atoms with van der Waals surface area (Å²) in [7, 11) is 0. The average molecular weight is 315 g/mol. The number of fused-ring (bicyclic) bond motifs is 1. The zero-order valence-electron chi connectivity index (χ0n) is 10.1. The number of Topliss-reactive ketones (excluding diaryl/α,β-unsaturated/α-hetero) is 2. The zero-order chi connectivity index (χ0) is 13.6. The fraction of sp³-hybridized carbons (Fsp3) is 0.125. The minimum Gasteiger partial charge on any atom is -0.297 e. The van der Waals surface area contributed by atoms with E-state index in [0.29, 0.717) is 11.1 Å². The molecule has 0 saturated heterocycles. The minimum absolute atomic E-state index is 0.0621. The maximum Gasteiger partial charge on any atom is 0.174 e. The Morgan fingerprint density at radius 2 is 1.74 bits per heavy atom. The summed E-state index contributed by atoms with van der Waals surface area (Å²) < 4.78 is 0.928. The van der Waals surface area contributed by atoms with Crippen LogP contribution in [0.15, 0.2) is 64.7 Å². The van der Waals surface area contributed by atoms with E-state index >= 15 is 0 Å². The van der Waals surface area contributed by atoms with Gasteiger partial charge in [-0.2, -0.15) is 0 Å². The van der Waals surface area contributed by atoms with E-state index in [1.54, 1.807) is 18.2 Å². The van der Waals surface area contributed by atoms with Crippen molar-refractivity contribution in [2.24, 2.45) is 5.92 Å². The lowest BCUT2D eigenvalue weighted by atomic mass is 9.89. The SMILES string of the molecule is C=C1C=CC=C2C(=O)C(c3ccc(Br)cc3)C(=O)C12. The summed E-state index contributed by atoms with van der Waals surface area (Å²) in [5.74, 6) is -1.29. The number of hydrogen-bond donors (Lipinski definition) is 0. The second-order valence-electron chi connectivity index (χ2n) is 4.74. The first-order valence-electron chi connectivity index (χ1n) is 6.00. The smallest absolute Gasteiger partial charge is 0.174 e. The molecule has 0 radical (unpaired) electrons. The first kappa shape index (κ1) is 12.3. The molecule has 19 heavy (non-hydrogen) atoms. The van der Waals surface area contributed by atoms with Crippen LogP contribution in [0.3, 0.4) is 0 Å². The first-order chi connectivity index (χ1) is 9.09. The Balaban J connectivity index is 2.06. The molecule has 94 valence electrons. The van der Waals surface area contributed by atoms with Gasteiger partial charge in [-0.1, -0.05) is 52.9 Å². The van der Waals surface area contributed by atoms with Gasteiger partial charge in [0.1, 0.15) is 5.92 Å². The van der Waals surface area contributed by atoms with Crippen LogP contribution in [0.25, 0.3) is 0 Å². The molecule has 1 saturated carbocycles. The Morgan fingerprint density at radius 1 is 1.05 bits per heavy atom. The van der Waals surface area contributed by atoms with Gasteiger partial charge in [-0.05, 0) is 23.3 Å². The van der Waals surface area contributed by atoms with E-state index in [9.17, 15) is 9.59 Å². The van der Waals surface area contributed by atoms with Crippen molar-refractivity contribution in [2.75, 3.05) is 0 Å². The normalized spacial score (nSPS) is 25.5. The highest BCUT2D eigenvalue weighted by atomic mass is 79.9. The third kappa shape index (κ3) is 1.85. The Kier molecular flexibility index (Phi) is 2.86. The molecule has 2 nitrogen and oxygen atoms in total. The van der Waals surface area contributed by atoms with Crippen molar-refractivity contribution in [3.05, 3.63) is 70.3 Å². The zero-order valence-corrected chi connectivity index (χ0v) is 11.7. The van der Waals surface area contributed by atoms with Crippen LogP contribution < -0.4 is 0 Å². The van der Waals surface area contributed by atoms with E-state index in [1.165, 1.54) is 0 Å². The highest BCUT2D eigenvalue weighted by Gasteiger charge is 2.47. The fourth-order valence-corrected chi connectivity index (χ4v) is 2.93. The molecule has 1 aromatic rings. The Bertz CT molecular complexity index is 650. The maximum atomic E-state index is 12.5. The topological polar surface area (TPSA) is 34.1 Å². The van der Waals surface area contributed by atoms with Crippen molar-refractivity contribution in [3.8, 4) is 0 Å². The number of benzene rings is 1. The molecule has 3 heteroatoms. The third-order valence-corrected chi connectivity index (χ3v) is 4.12. The number of carbonyl (C=O) groups is 2. The first-order valence-corrected chi connectivity index (χ1v) is 6.79. The summed E-state index contributed by atoms with van der Waals surface area (Å²) in [5, 5.41) is 0. The van der Waals surface area contributed by atoms with Crippen molar-refractivity contribution in [3.63, 3.8) is 0 Å². The number of ketones is 2. The summed E-state index contributed by atoms with van der Waals surface area (Å²) in [5.41, 5.74) is 2.03. The van der Waals surface area contributed by atoms with E-state index in [4.69, 9.17) is 0 Å². The lowest BCUT2D eigenvalue weighted by Crippen LogP contribution is -2.16. The van der Waals surface area contributed by atoms with Gasteiger partial charge in [0.05, 0.1) is 5.92 Å². The lowest BCUT2D eigenvalue weighted by Gasteiger charge is -2.12. The van der Waals surface area contributed by atoms with Gasteiger partial charge < -0.3 is 0 Å². The van der Waals surface area contributed by atoms with Gasteiger partial charge >= 0.3 is 0 Å². The second kappa shape index (κ2) is 4.42. The van der Waals surface area contributed by atoms with Crippen molar-refractivity contribution >= 4 is 27.5 Å².